The molecule has 124 valence electrons. The molecular formula is C19H22N4O. The van der Waals surface area contributed by atoms with E-state index in [1.807, 2.05) is 30.2 Å². The summed E-state index contributed by atoms with van der Waals surface area (Å²) in [6.45, 7) is 6.70. The van der Waals surface area contributed by atoms with Crippen molar-refractivity contribution in [2.75, 3.05) is 24.6 Å². The first-order valence-electron chi connectivity index (χ1n) is 8.34. The Morgan fingerprint density at radius 2 is 2.04 bits per heavy atom. The van der Waals surface area contributed by atoms with Crippen LogP contribution < -0.4 is 4.90 Å². The number of aryl methyl sites for hydroxylation is 2. The third-order valence-corrected chi connectivity index (χ3v) is 4.82. The molecule has 1 saturated heterocycles. The molecule has 24 heavy (non-hydrogen) atoms. The molecule has 0 aliphatic carbocycles. The fraction of sp³-hybridized carbons (Fsp3) is 0.368. The second-order valence-corrected chi connectivity index (χ2v) is 6.44. The smallest absolute Gasteiger partial charge is 0.103 e. The van der Waals surface area contributed by atoms with Gasteiger partial charge in [-0.05, 0) is 25.5 Å². The Kier molecular flexibility index (Phi) is 3.73. The molecule has 0 saturated carbocycles. The lowest BCUT2D eigenvalue weighted by Crippen LogP contribution is -2.39. The maximum atomic E-state index is 6.00. The van der Waals surface area contributed by atoms with Gasteiger partial charge in [-0.3, -0.25) is 9.67 Å². The Morgan fingerprint density at radius 3 is 2.83 bits per heavy atom. The van der Waals surface area contributed by atoms with Crippen LogP contribution in [-0.4, -0.2) is 34.5 Å². The maximum absolute atomic E-state index is 6.00. The van der Waals surface area contributed by atoms with Crippen molar-refractivity contribution >= 4 is 16.6 Å². The summed E-state index contributed by atoms with van der Waals surface area (Å²) in [6.07, 6.45) is 3.99. The molecule has 1 aromatic carbocycles. The average molecular weight is 322 g/mol. The van der Waals surface area contributed by atoms with Crippen molar-refractivity contribution in [2.24, 2.45) is 7.05 Å². The maximum Gasteiger partial charge on any atom is 0.103 e. The number of morpholine rings is 1. The van der Waals surface area contributed by atoms with E-state index in [9.17, 15) is 0 Å². The molecule has 0 bridgehead atoms. The van der Waals surface area contributed by atoms with Crippen LogP contribution in [0.1, 0.15) is 22.9 Å². The molecule has 0 amide bonds. The molecule has 5 heteroatoms. The summed E-state index contributed by atoms with van der Waals surface area (Å²) >= 11 is 0. The third-order valence-electron chi connectivity index (χ3n) is 4.82. The number of ether oxygens (including phenoxy) is 1. The number of hydrogen-bond donors (Lipinski definition) is 0. The predicted octanol–water partition coefficient (Wildman–Crippen LogP) is 3.16. The summed E-state index contributed by atoms with van der Waals surface area (Å²) in [5.41, 5.74) is 5.82. The van der Waals surface area contributed by atoms with Crippen molar-refractivity contribution in [3.63, 3.8) is 0 Å². The van der Waals surface area contributed by atoms with E-state index in [0.717, 1.165) is 29.9 Å². The van der Waals surface area contributed by atoms with Crippen LogP contribution in [-0.2, 0) is 11.8 Å². The monoisotopic (exact) mass is 322 g/mol. The third kappa shape index (κ3) is 2.55. The lowest BCUT2D eigenvalue weighted by atomic mass is 10.0. The topological polar surface area (TPSA) is 43.2 Å². The van der Waals surface area contributed by atoms with E-state index in [1.54, 1.807) is 0 Å². The van der Waals surface area contributed by atoms with Crippen LogP contribution >= 0.6 is 0 Å². The van der Waals surface area contributed by atoms with E-state index in [4.69, 9.17) is 9.72 Å². The highest BCUT2D eigenvalue weighted by Gasteiger charge is 2.26. The summed E-state index contributed by atoms with van der Waals surface area (Å²) < 4.78 is 7.83. The standard InChI is InChI=1S/C19H22N4O/c1-13-14(2)21-17-7-5-4-6-16(17)19(13)23-8-9-24-18(12-23)15-10-20-22(3)11-15/h4-7,10-11,18H,8-9,12H2,1-3H3/t18-/m0/s1. The largest absolute Gasteiger partial charge is 0.370 e. The number of hydrogen-bond acceptors (Lipinski definition) is 4. The number of pyridine rings is 1. The molecule has 0 unspecified atom stereocenters. The first-order chi connectivity index (χ1) is 11.6. The second-order valence-electron chi connectivity index (χ2n) is 6.44. The molecule has 1 aliphatic heterocycles. The highest BCUT2D eigenvalue weighted by atomic mass is 16.5. The molecule has 1 fully saturated rings. The van der Waals surface area contributed by atoms with Crippen LogP contribution in [0.4, 0.5) is 5.69 Å². The van der Waals surface area contributed by atoms with Crippen molar-refractivity contribution in [3.05, 3.63) is 53.5 Å². The lowest BCUT2D eigenvalue weighted by Gasteiger charge is -2.36. The molecule has 3 heterocycles. The fourth-order valence-electron chi connectivity index (χ4n) is 3.48. The van der Waals surface area contributed by atoms with E-state index in [1.165, 1.54) is 16.6 Å². The summed E-state index contributed by atoms with van der Waals surface area (Å²) in [4.78, 5) is 7.18. The molecule has 0 spiro atoms. The van der Waals surface area contributed by atoms with E-state index >= 15 is 0 Å². The van der Waals surface area contributed by atoms with Crippen molar-refractivity contribution in [2.45, 2.75) is 20.0 Å². The molecule has 3 aromatic rings. The minimum Gasteiger partial charge on any atom is -0.370 e. The van der Waals surface area contributed by atoms with Crippen molar-refractivity contribution in [1.29, 1.82) is 0 Å². The molecule has 0 N–H and O–H groups in total. The van der Waals surface area contributed by atoms with Crippen LogP contribution in [0.3, 0.4) is 0 Å². The average Bonchev–Trinajstić information content (AvgIpc) is 3.03. The summed E-state index contributed by atoms with van der Waals surface area (Å²) in [7, 11) is 1.94. The van der Waals surface area contributed by atoms with Gasteiger partial charge in [0.05, 0.1) is 24.0 Å². The quantitative estimate of drug-likeness (QED) is 0.727. The Labute approximate surface area is 141 Å². The molecular weight excluding hydrogens is 300 g/mol. The zero-order valence-corrected chi connectivity index (χ0v) is 14.4. The Hall–Kier alpha value is -2.40. The van der Waals surface area contributed by atoms with Gasteiger partial charge in [-0.25, -0.2) is 0 Å². The molecule has 5 nitrogen and oxygen atoms in total. The molecule has 2 aromatic heterocycles. The predicted molar refractivity (Wildman–Crippen MR) is 95.3 cm³/mol. The van der Waals surface area contributed by atoms with E-state index in [0.29, 0.717) is 6.61 Å². The van der Waals surface area contributed by atoms with Crippen LogP contribution in [0.25, 0.3) is 10.9 Å². The summed E-state index contributed by atoms with van der Waals surface area (Å²) in [5.74, 6) is 0. The number of benzene rings is 1. The molecule has 0 radical (unpaired) electrons. The van der Waals surface area contributed by atoms with Crippen LogP contribution in [0.2, 0.25) is 0 Å². The van der Waals surface area contributed by atoms with E-state index < -0.39 is 0 Å². The second kappa shape index (κ2) is 5.91. The molecule has 1 aliphatic rings. The van der Waals surface area contributed by atoms with Crippen LogP contribution in [0.15, 0.2) is 36.7 Å². The minimum absolute atomic E-state index is 0.0547. The summed E-state index contributed by atoms with van der Waals surface area (Å²) in [5, 5.41) is 5.49. The number of anilines is 1. The summed E-state index contributed by atoms with van der Waals surface area (Å²) in [6, 6.07) is 8.38. The Balaban J connectivity index is 1.75. The van der Waals surface area contributed by atoms with Gasteiger partial charge in [-0.2, -0.15) is 5.10 Å². The van der Waals surface area contributed by atoms with Gasteiger partial charge in [-0.15, -0.1) is 0 Å². The highest BCUT2D eigenvalue weighted by Crippen LogP contribution is 2.34. The van der Waals surface area contributed by atoms with Crippen molar-refractivity contribution in [3.8, 4) is 0 Å². The van der Waals surface area contributed by atoms with Gasteiger partial charge in [0.2, 0.25) is 0 Å². The zero-order chi connectivity index (χ0) is 16.7. The number of fused-ring (bicyclic) bond motifs is 1. The first-order valence-corrected chi connectivity index (χ1v) is 8.34. The molecule has 4 rings (SSSR count). The Morgan fingerprint density at radius 1 is 1.21 bits per heavy atom. The Bertz CT molecular complexity index is 886. The van der Waals surface area contributed by atoms with Gasteiger partial charge in [0.1, 0.15) is 6.10 Å². The van der Waals surface area contributed by atoms with Gasteiger partial charge < -0.3 is 9.64 Å². The number of nitrogens with zero attached hydrogens (tertiary/aromatic N) is 4. The van der Waals surface area contributed by atoms with E-state index in [2.05, 4.69) is 42.0 Å². The van der Waals surface area contributed by atoms with Gasteiger partial charge in [0.15, 0.2) is 0 Å². The van der Waals surface area contributed by atoms with Gasteiger partial charge in [-0.1, -0.05) is 18.2 Å². The van der Waals surface area contributed by atoms with Gasteiger partial charge >= 0.3 is 0 Å². The first kappa shape index (κ1) is 15.1. The lowest BCUT2D eigenvalue weighted by molar-refractivity contribution is 0.0398. The minimum atomic E-state index is 0.0547. The van der Waals surface area contributed by atoms with Crippen LogP contribution in [0, 0.1) is 13.8 Å². The number of aromatic nitrogens is 3. The van der Waals surface area contributed by atoms with Gasteiger partial charge in [0.25, 0.3) is 0 Å². The van der Waals surface area contributed by atoms with Crippen molar-refractivity contribution < 1.29 is 4.74 Å². The number of para-hydroxylation sites is 1. The normalized spacial score (nSPS) is 18.3. The molecule has 1 atom stereocenters. The van der Waals surface area contributed by atoms with Crippen LogP contribution in [0.5, 0.6) is 0 Å². The van der Waals surface area contributed by atoms with Gasteiger partial charge in [0, 0.05) is 43.0 Å². The zero-order valence-electron chi connectivity index (χ0n) is 14.4. The van der Waals surface area contributed by atoms with Crippen molar-refractivity contribution in [1.82, 2.24) is 14.8 Å². The number of rotatable bonds is 2. The SMILES string of the molecule is Cc1nc2ccccc2c(N2CCO[C@H](c3cnn(C)c3)C2)c1C. The highest BCUT2D eigenvalue weighted by molar-refractivity contribution is 5.93. The fourth-order valence-corrected chi connectivity index (χ4v) is 3.48. The van der Waals surface area contributed by atoms with E-state index in [-0.39, 0.29) is 6.10 Å².